The Hall–Kier alpha value is -3.89. The van der Waals surface area contributed by atoms with E-state index in [0.717, 1.165) is 22.3 Å². The summed E-state index contributed by atoms with van der Waals surface area (Å²) in [7, 11) is -3.86. The monoisotopic (exact) mass is 536 g/mol. The van der Waals surface area contributed by atoms with Crippen LogP contribution in [-0.4, -0.2) is 44.5 Å². The molecular formula is C28H28N2O7S. The number of rotatable bonds is 8. The van der Waals surface area contributed by atoms with Gasteiger partial charge in [0.2, 0.25) is 16.8 Å². The van der Waals surface area contributed by atoms with Crippen LogP contribution in [0.5, 0.6) is 11.5 Å². The maximum Gasteiger partial charge on any atom is 0.308 e. The molecule has 1 atom stereocenters. The minimum atomic E-state index is -3.86. The van der Waals surface area contributed by atoms with Crippen molar-refractivity contribution in [1.82, 2.24) is 9.62 Å². The molecule has 3 aromatic rings. The van der Waals surface area contributed by atoms with Crippen LogP contribution in [0, 0.1) is 6.92 Å². The number of amides is 1. The number of nitrogens with one attached hydrogen (secondary N) is 1. The summed E-state index contributed by atoms with van der Waals surface area (Å²) in [5, 5.41) is 2.71. The molecule has 0 radical (unpaired) electrons. The average Bonchev–Trinajstić information content (AvgIpc) is 3.39. The molecule has 2 heterocycles. The minimum absolute atomic E-state index is 0.163. The van der Waals surface area contributed by atoms with E-state index in [1.54, 1.807) is 36.4 Å². The molecule has 0 saturated heterocycles. The normalized spacial score (nSPS) is 16.5. The number of hydrogen-bond donors (Lipinski definition) is 1. The second-order valence-electron chi connectivity index (χ2n) is 9.22. The molecule has 0 fully saturated rings. The lowest BCUT2D eigenvalue weighted by Gasteiger charge is -2.36. The van der Waals surface area contributed by atoms with E-state index in [-0.39, 0.29) is 31.2 Å². The topological polar surface area (TPSA) is 111 Å². The molecule has 1 N–H and O–H groups in total. The van der Waals surface area contributed by atoms with Crippen molar-refractivity contribution in [1.29, 1.82) is 0 Å². The summed E-state index contributed by atoms with van der Waals surface area (Å²) in [4.78, 5) is 25.3. The summed E-state index contributed by atoms with van der Waals surface area (Å²) < 4.78 is 44.3. The molecule has 0 aliphatic carbocycles. The lowest BCUT2D eigenvalue weighted by Crippen LogP contribution is -2.41. The zero-order chi connectivity index (χ0) is 26.7. The molecule has 9 nitrogen and oxygen atoms in total. The first-order chi connectivity index (χ1) is 18.3. The van der Waals surface area contributed by atoms with Crippen LogP contribution in [0.25, 0.3) is 0 Å². The summed E-state index contributed by atoms with van der Waals surface area (Å²) in [5.74, 6) is 0.135. The molecule has 0 aromatic heterocycles. The predicted octanol–water partition coefficient (Wildman–Crippen LogP) is 3.26. The van der Waals surface area contributed by atoms with Crippen molar-refractivity contribution in [2.75, 3.05) is 19.9 Å². The molecule has 0 bridgehead atoms. The number of nitrogens with zero attached hydrogens (tertiary/aromatic N) is 1. The number of aryl methyl sites for hydroxylation is 1. The standard InChI is InChI=1S/C28H28N2O7S/c1-19-6-9-22(10-7-19)38(33,34)30-13-12-21-4-2-3-5-23(21)24(30)15-28(32)35-17-27(31)29-16-20-8-11-25-26(14-20)37-18-36-25/h2-11,14,24H,12-13,15-18H2,1H3,(H,29,31). The maximum atomic E-state index is 13.5. The summed E-state index contributed by atoms with van der Waals surface area (Å²) >= 11 is 0. The number of carbonyl (C=O) groups is 2. The molecule has 3 aromatic carbocycles. The van der Waals surface area contributed by atoms with Gasteiger partial charge in [0.05, 0.1) is 17.4 Å². The van der Waals surface area contributed by atoms with E-state index in [1.165, 1.54) is 4.31 Å². The molecule has 1 unspecified atom stereocenters. The van der Waals surface area contributed by atoms with E-state index in [2.05, 4.69) is 5.32 Å². The van der Waals surface area contributed by atoms with Gasteiger partial charge in [0, 0.05) is 13.1 Å². The zero-order valence-electron chi connectivity index (χ0n) is 20.9. The number of esters is 1. The van der Waals surface area contributed by atoms with Crippen molar-refractivity contribution in [2.45, 2.75) is 37.2 Å². The van der Waals surface area contributed by atoms with Crippen LogP contribution in [0.3, 0.4) is 0 Å². The number of hydrogen-bond acceptors (Lipinski definition) is 7. The maximum absolute atomic E-state index is 13.5. The molecule has 10 heteroatoms. The van der Waals surface area contributed by atoms with Gasteiger partial charge in [-0.25, -0.2) is 8.42 Å². The quantitative estimate of drug-likeness (QED) is 0.440. The Morgan fingerprint density at radius 3 is 2.61 bits per heavy atom. The molecule has 1 amide bonds. The third-order valence-corrected chi connectivity index (χ3v) is 8.56. The van der Waals surface area contributed by atoms with Crippen molar-refractivity contribution >= 4 is 21.9 Å². The molecule has 0 saturated carbocycles. The summed E-state index contributed by atoms with van der Waals surface area (Å²) in [6.07, 6.45) is 0.326. The Bertz CT molecular complexity index is 1450. The molecule has 0 spiro atoms. The predicted molar refractivity (Wildman–Crippen MR) is 138 cm³/mol. The van der Waals surface area contributed by atoms with Gasteiger partial charge in [0.1, 0.15) is 0 Å². The van der Waals surface area contributed by atoms with Crippen LogP contribution < -0.4 is 14.8 Å². The smallest absolute Gasteiger partial charge is 0.308 e. The van der Waals surface area contributed by atoms with Gasteiger partial charge in [0.15, 0.2) is 18.1 Å². The molecule has 2 aliphatic heterocycles. The van der Waals surface area contributed by atoms with Crippen LogP contribution in [0.4, 0.5) is 0 Å². The third-order valence-electron chi connectivity index (χ3n) is 6.64. The van der Waals surface area contributed by atoms with Crippen molar-refractivity contribution in [2.24, 2.45) is 0 Å². The summed E-state index contributed by atoms with van der Waals surface area (Å²) in [6, 6.07) is 18.7. The summed E-state index contributed by atoms with van der Waals surface area (Å²) in [5.41, 5.74) is 3.51. The lowest BCUT2D eigenvalue weighted by molar-refractivity contribution is -0.149. The Labute approximate surface area is 221 Å². The molecule has 198 valence electrons. The largest absolute Gasteiger partial charge is 0.456 e. The van der Waals surface area contributed by atoms with E-state index in [9.17, 15) is 18.0 Å². The van der Waals surface area contributed by atoms with Gasteiger partial charge < -0.3 is 19.5 Å². The molecule has 38 heavy (non-hydrogen) atoms. The highest BCUT2D eigenvalue weighted by Gasteiger charge is 2.37. The fraction of sp³-hybridized carbons (Fsp3) is 0.286. The third kappa shape index (κ3) is 5.51. The van der Waals surface area contributed by atoms with Gasteiger partial charge in [-0.05, 0) is 54.3 Å². The second kappa shape index (κ2) is 10.8. The van der Waals surface area contributed by atoms with Crippen LogP contribution in [-0.2, 0) is 37.3 Å². The number of ether oxygens (including phenoxy) is 3. The van der Waals surface area contributed by atoms with Gasteiger partial charge in [-0.15, -0.1) is 0 Å². The van der Waals surface area contributed by atoms with Gasteiger partial charge in [-0.1, -0.05) is 48.0 Å². The average molecular weight is 537 g/mol. The van der Waals surface area contributed by atoms with E-state index in [1.807, 2.05) is 37.3 Å². The minimum Gasteiger partial charge on any atom is -0.456 e. The Balaban J connectivity index is 1.24. The molecular weight excluding hydrogens is 508 g/mol. The number of sulfonamides is 1. The highest BCUT2D eigenvalue weighted by Crippen LogP contribution is 2.36. The lowest BCUT2D eigenvalue weighted by atomic mass is 9.92. The van der Waals surface area contributed by atoms with Crippen molar-refractivity contribution in [3.05, 3.63) is 89.0 Å². The van der Waals surface area contributed by atoms with E-state index >= 15 is 0 Å². The van der Waals surface area contributed by atoms with E-state index in [4.69, 9.17) is 14.2 Å². The zero-order valence-corrected chi connectivity index (χ0v) is 21.7. The Morgan fingerprint density at radius 1 is 1.03 bits per heavy atom. The summed E-state index contributed by atoms with van der Waals surface area (Å²) in [6.45, 7) is 2.04. The number of benzene rings is 3. The fourth-order valence-corrected chi connectivity index (χ4v) is 6.24. The molecule has 5 rings (SSSR count). The number of carbonyl (C=O) groups excluding carboxylic acids is 2. The molecule has 2 aliphatic rings. The second-order valence-corrected chi connectivity index (χ2v) is 11.1. The number of fused-ring (bicyclic) bond motifs is 2. The highest BCUT2D eigenvalue weighted by atomic mass is 32.2. The van der Waals surface area contributed by atoms with Crippen LogP contribution >= 0.6 is 0 Å². The van der Waals surface area contributed by atoms with Crippen molar-refractivity contribution in [3.63, 3.8) is 0 Å². The SMILES string of the molecule is Cc1ccc(S(=O)(=O)N2CCc3ccccc3C2CC(=O)OCC(=O)NCc2ccc3c(c2)OCO3)cc1. The van der Waals surface area contributed by atoms with Gasteiger partial charge in [-0.3, -0.25) is 9.59 Å². The van der Waals surface area contributed by atoms with Crippen LogP contribution in [0.15, 0.2) is 71.6 Å². The first kappa shape index (κ1) is 25.7. The van der Waals surface area contributed by atoms with Gasteiger partial charge >= 0.3 is 5.97 Å². The highest BCUT2D eigenvalue weighted by molar-refractivity contribution is 7.89. The van der Waals surface area contributed by atoms with Crippen LogP contribution in [0.2, 0.25) is 0 Å². The fourth-order valence-electron chi connectivity index (χ4n) is 4.64. The van der Waals surface area contributed by atoms with Crippen molar-refractivity contribution < 1.29 is 32.2 Å². The first-order valence-corrected chi connectivity index (χ1v) is 13.7. The van der Waals surface area contributed by atoms with Crippen molar-refractivity contribution in [3.8, 4) is 11.5 Å². The van der Waals surface area contributed by atoms with Gasteiger partial charge in [-0.2, -0.15) is 4.31 Å². The van der Waals surface area contributed by atoms with Gasteiger partial charge in [0.25, 0.3) is 5.91 Å². The van der Waals surface area contributed by atoms with E-state index < -0.39 is 34.5 Å². The van der Waals surface area contributed by atoms with E-state index in [0.29, 0.717) is 17.9 Å². The Morgan fingerprint density at radius 2 is 1.79 bits per heavy atom. The van der Waals surface area contributed by atoms with Crippen LogP contribution in [0.1, 0.15) is 34.7 Å². The first-order valence-electron chi connectivity index (χ1n) is 12.3. The Kier molecular flexibility index (Phi) is 7.35.